The summed E-state index contributed by atoms with van der Waals surface area (Å²) >= 11 is 0. The van der Waals surface area contributed by atoms with E-state index in [-0.39, 0.29) is 29.3 Å². The molecule has 3 heteroatoms. The van der Waals surface area contributed by atoms with Gasteiger partial charge in [0.05, 0.1) is 6.26 Å². The van der Waals surface area contributed by atoms with E-state index in [2.05, 4.69) is 6.92 Å². The predicted octanol–water partition coefficient (Wildman–Crippen LogP) is 6.12. The molecule has 150 valence electrons. The Morgan fingerprint density at radius 2 is 1.48 bits per heavy atom. The molecule has 2 aromatic rings. The number of Topliss-reactive ketones (excluding diaryl/α,β-unsaturated/α-hetero) is 2. The molecule has 2 aliphatic carbocycles. The fourth-order valence-corrected chi connectivity index (χ4v) is 4.88. The highest BCUT2D eigenvalue weighted by atomic mass is 16.3. The Kier molecular flexibility index (Phi) is 5.94. The number of furan rings is 1. The molecular formula is C26H28O3. The van der Waals surface area contributed by atoms with Gasteiger partial charge in [0.15, 0.2) is 11.6 Å². The van der Waals surface area contributed by atoms with Gasteiger partial charge in [0.1, 0.15) is 5.76 Å². The van der Waals surface area contributed by atoms with Gasteiger partial charge in [-0.2, -0.15) is 0 Å². The second kappa shape index (κ2) is 8.77. The molecule has 2 fully saturated rings. The molecule has 0 bridgehead atoms. The first-order valence-electron chi connectivity index (χ1n) is 10.7. The monoisotopic (exact) mass is 388 g/mol. The Morgan fingerprint density at radius 3 is 2.07 bits per heavy atom. The van der Waals surface area contributed by atoms with Gasteiger partial charge in [0.25, 0.3) is 0 Å². The summed E-state index contributed by atoms with van der Waals surface area (Å²) < 4.78 is 5.39. The van der Waals surface area contributed by atoms with E-state index in [0.717, 1.165) is 61.0 Å². The summed E-state index contributed by atoms with van der Waals surface area (Å²) in [6.07, 6.45) is 10.9. The fourth-order valence-electron chi connectivity index (χ4n) is 4.88. The number of carbonyl (C=O) groups excluding carboxylic acids is 2. The summed E-state index contributed by atoms with van der Waals surface area (Å²) in [5, 5.41) is 0. The van der Waals surface area contributed by atoms with Crippen LogP contribution in [0.4, 0.5) is 0 Å². The van der Waals surface area contributed by atoms with Crippen LogP contribution in [-0.4, -0.2) is 11.6 Å². The zero-order valence-corrected chi connectivity index (χ0v) is 17.0. The van der Waals surface area contributed by atoms with Gasteiger partial charge in [0.2, 0.25) is 0 Å². The van der Waals surface area contributed by atoms with Crippen LogP contribution in [0.5, 0.6) is 0 Å². The summed E-state index contributed by atoms with van der Waals surface area (Å²) in [5.74, 6) is 1.10. The summed E-state index contributed by atoms with van der Waals surface area (Å²) in [6, 6.07) is 13.7. The van der Waals surface area contributed by atoms with Crippen LogP contribution in [0.2, 0.25) is 0 Å². The lowest BCUT2D eigenvalue weighted by Gasteiger charge is -2.35. The zero-order chi connectivity index (χ0) is 20.2. The second-order valence-electron chi connectivity index (χ2n) is 8.35. The first-order valence-corrected chi connectivity index (χ1v) is 10.7. The summed E-state index contributed by atoms with van der Waals surface area (Å²) in [5.41, 5.74) is 2.82. The summed E-state index contributed by atoms with van der Waals surface area (Å²) in [4.78, 5) is 26.4. The lowest BCUT2D eigenvalue weighted by atomic mass is 9.67. The smallest absolute Gasteiger partial charge is 0.162 e. The normalized spacial score (nSPS) is 26.8. The molecule has 3 atom stereocenters. The fraction of sp³-hybridized carbons (Fsp3) is 0.385. The number of hydrogen-bond acceptors (Lipinski definition) is 3. The van der Waals surface area contributed by atoms with E-state index < -0.39 is 0 Å². The third kappa shape index (κ3) is 4.34. The number of allylic oxidation sites excluding steroid dienone is 2. The minimum Gasteiger partial charge on any atom is -0.465 e. The molecule has 1 aromatic heterocycles. The highest BCUT2D eigenvalue weighted by Gasteiger charge is 2.39. The molecule has 4 rings (SSSR count). The minimum atomic E-state index is -0.0741. The van der Waals surface area contributed by atoms with Crippen LogP contribution in [0.15, 0.2) is 64.3 Å². The van der Waals surface area contributed by atoms with Crippen LogP contribution in [0.1, 0.15) is 56.8 Å². The van der Waals surface area contributed by atoms with Gasteiger partial charge < -0.3 is 4.42 Å². The number of hydrogen-bond donors (Lipinski definition) is 0. The molecule has 0 amide bonds. The molecular weight excluding hydrogens is 360 g/mol. The molecule has 2 saturated carbocycles. The lowest BCUT2D eigenvalue weighted by Crippen LogP contribution is -2.36. The molecule has 1 aromatic carbocycles. The van der Waals surface area contributed by atoms with Gasteiger partial charge in [-0.1, -0.05) is 37.3 Å². The molecule has 0 saturated heterocycles. The largest absolute Gasteiger partial charge is 0.465 e. The van der Waals surface area contributed by atoms with E-state index in [4.69, 9.17) is 4.42 Å². The van der Waals surface area contributed by atoms with Gasteiger partial charge in [-0.25, -0.2) is 0 Å². The van der Waals surface area contributed by atoms with Crippen LogP contribution in [0.25, 0.3) is 12.2 Å². The Labute approximate surface area is 172 Å². The second-order valence-corrected chi connectivity index (χ2v) is 8.35. The van der Waals surface area contributed by atoms with Gasteiger partial charge in [0, 0.05) is 11.8 Å². The minimum absolute atomic E-state index is 0.0596. The van der Waals surface area contributed by atoms with Crippen molar-refractivity contribution in [3.05, 3.63) is 71.2 Å². The number of carbonyl (C=O) groups is 2. The third-order valence-corrected chi connectivity index (χ3v) is 6.50. The van der Waals surface area contributed by atoms with Gasteiger partial charge in [-0.3, -0.25) is 9.59 Å². The maximum absolute atomic E-state index is 13.2. The van der Waals surface area contributed by atoms with Crippen molar-refractivity contribution < 1.29 is 14.0 Å². The highest BCUT2D eigenvalue weighted by Crippen LogP contribution is 2.40. The van der Waals surface area contributed by atoms with Gasteiger partial charge >= 0.3 is 0 Å². The van der Waals surface area contributed by atoms with Crippen molar-refractivity contribution in [1.29, 1.82) is 0 Å². The SMILES string of the molecule is CC(C1CCC/C(=C\c2ccccc2)C1=O)C1CCC/C(=C\c2ccco2)C1=O. The van der Waals surface area contributed by atoms with E-state index >= 15 is 0 Å². The number of benzene rings is 1. The first-order chi connectivity index (χ1) is 14.1. The van der Waals surface area contributed by atoms with Crippen molar-refractivity contribution in [1.82, 2.24) is 0 Å². The van der Waals surface area contributed by atoms with Crippen LogP contribution in [-0.2, 0) is 9.59 Å². The maximum Gasteiger partial charge on any atom is 0.162 e. The standard InChI is InChI=1S/C26H28O3/c1-18(24-14-6-11-21(26(24)28)17-22-12-7-15-29-22)23-13-5-10-20(25(23)27)16-19-8-3-2-4-9-19/h2-4,7-9,12,15-18,23-24H,5-6,10-11,13-14H2,1H3/b20-16+,21-17+. The van der Waals surface area contributed by atoms with Crippen molar-refractivity contribution in [3.63, 3.8) is 0 Å². The molecule has 3 unspecified atom stereocenters. The average molecular weight is 389 g/mol. The van der Waals surface area contributed by atoms with E-state index in [9.17, 15) is 9.59 Å². The van der Waals surface area contributed by atoms with E-state index in [1.165, 1.54) is 0 Å². The molecule has 2 aliphatic rings. The summed E-state index contributed by atoms with van der Waals surface area (Å²) in [7, 11) is 0. The molecule has 0 N–H and O–H groups in total. The number of rotatable bonds is 4. The van der Waals surface area contributed by atoms with Crippen molar-refractivity contribution >= 4 is 23.7 Å². The molecule has 0 spiro atoms. The zero-order valence-electron chi connectivity index (χ0n) is 17.0. The molecule has 1 heterocycles. The third-order valence-electron chi connectivity index (χ3n) is 6.50. The van der Waals surface area contributed by atoms with Crippen LogP contribution in [0.3, 0.4) is 0 Å². The van der Waals surface area contributed by atoms with Crippen LogP contribution < -0.4 is 0 Å². The topological polar surface area (TPSA) is 47.3 Å². The molecule has 0 radical (unpaired) electrons. The van der Waals surface area contributed by atoms with E-state index in [1.807, 2.05) is 54.6 Å². The number of ketones is 2. The van der Waals surface area contributed by atoms with Crippen molar-refractivity contribution in [2.24, 2.45) is 17.8 Å². The molecule has 29 heavy (non-hydrogen) atoms. The molecule has 3 nitrogen and oxygen atoms in total. The van der Waals surface area contributed by atoms with Crippen LogP contribution in [0, 0.1) is 17.8 Å². The Morgan fingerprint density at radius 1 is 0.862 bits per heavy atom. The van der Waals surface area contributed by atoms with Crippen molar-refractivity contribution in [2.45, 2.75) is 45.4 Å². The van der Waals surface area contributed by atoms with Gasteiger partial charge in [-0.05, 0) is 85.4 Å². The van der Waals surface area contributed by atoms with Gasteiger partial charge in [-0.15, -0.1) is 0 Å². The Bertz CT molecular complexity index is 918. The average Bonchev–Trinajstić information content (AvgIpc) is 3.25. The van der Waals surface area contributed by atoms with Crippen molar-refractivity contribution in [2.75, 3.05) is 0 Å². The summed E-state index contributed by atoms with van der Waals surface area (Å²) in [6.45, 7) is 2.10. The highest BCUT2D eigenvalue weighted by molar-refractivity contribution is 6.04. The maximum atomic E-state index is 13.2. The van der Waals surface area contributed by atoms with E-state index in [0.29, 0.717) is 0 Å². The predicted molar refractivity (Wildman–Crippen MR) is 115 cm³/mol. The first kappa shape index (κ1) is 19.6. The lowest BCUT2D eigenvalue weighted by molar-refractivity contribution is -0.127. The quantitative estimate of drug-likeness (QED) is 0.593. The Balaban J connectivity index is 1.52. The van der Waals surface area contributed by atoms with E-state index in [1.54, 1.807) is 6.26 Å². The van der Waals surface area contributed by atoms with Crippen LogP contribution >= 0.6 is 0 Å². The Hall–Kier alpha value is -2.68. The van der Waals surface area contributed by atoms with Crippen molar-refractivity contribution in [3.8, 4) is 0 Å². The molecule has 0 aliphatic heterocycles.